The standard InChI is InChI=1S/C9H10N2O2/c1-6(12)8-3-9(4-8,5-8)7(13)2-11-10/h2H,3-5H2,1H3. The first-order chi connectivity index (χ1) is 6.05. The summed E-state index contributed by atoms with van der Waals surface area (Å²) < 4.78 is 0. The van der Waals surface area contributed by atoms with Gasteiger partial charge in [-0.25, -0.2) is 0 Å². The van der Waals surface area contributed by atoms with Gasteiger partial charge in [-0.15, -0.1) is 0 Å². The molecule has 0 aromatic rings. The number of rotatable bonds is 3. The second-order valence-electron chi connectivity index (χ2n) is 4.26. The zero-order valence-electron chi connectivity index (χ0n) is 7.41. The molecular formula is C9H10N2O2. The molecule has 0 N–H and O–H groups in total. The molecule has 0 amide bonds. The summed E-state index contributed by atoms with van der Waals surface area (Å²) in [6.45, 7) is 1.58. The Labute approximate surface area is 75.6 Å². The molecule has 3 saturated carbocycles. The third kappa shape index (κ3) is 0.810. The summed E-state index contributed by atoms with van der Waals surface area (Å²) in [6.07, 6.45) is 2.91. The molecule has 3 rings (SSSR count). The molecule has 0 aliphatic heterocycles. The Morgan fingerprint density at radius 2 is 1.85 bits per heavy atom. The van der Waals surface area contributed by atoms with Gasteiger partial charge in [0.05, 0.1) is 0 Å². The molecule has 3 aliphatic rings. The molecule has 0 radical (unpaired) electrons. The Hall–Kier alpha value is -1.28. The maximum atomic E-state index is 11.3. The van der Waals surface area contributed by atoms with Crippen LogP contribution >= 0.6 is 0 Å². The van der Waals surface area contributed by atoms with E-state index in [-0.39, 0.29) is 22.4 Å². The van der Waals surface area contributed by atoms with Gasteiger partial charge in [0.2, 0.25) is 5.78 Å². The molecule has 0 unspecified atom stereocenters. The number of Topliss-reactive ketones (excluding diaryl/α,β-unsaturated/α-hetero) is 2. The minimum absolute atomic E-state index is 0.141. The monoisotopic (exact) mass is 178 g/mol. The molecule has 13 heavy (non-hydrogen) atoms. The van der Waals surface area contributed by atoms with Gasteiger partial charge in [-0.05, 0) is 26.2 Å². The van der Waals surface area contributed by atoms with Crippen molar-refractivity contribution in [2.75, 3.05) is 0 Å². The average molecular weight is 178 g/mol. The predicted molar refractivity (Wildman–Crippen MR) is 44.1 cm³/mol. The zero-order valence-corrected chi connectivity index (χ0v) is 7.41. The van der Waals surface area contributed by atoms with E-state index in [1.54, 1.807) is 6.92 Å². The average Bonchev–Trinajstić information content (AvgIpc) is 1.79. The molecule has 4 nitrogen and oxygen atoms in total. The number of hydrogen-bond donors (Lipinski definition) is 0. The van der Waals surface area contributed by atoms with E-state index in [4.69, 9.17) is 5.53 Å². The summed E-state index contributed by atoms with van der Waals surface area (Å²) in [5.41, 5.74) is 7.65. The van der Waals surface area contributed by atoms with E-state index >= 15 is 0 Å². The van der Waals surface area contributed by atoms with Crippen molar-refractivity contribution in [1.29, 1.82) is 0 Å². The highest BCUT2D eigenvalue weighted by molar-refractivity contribution is 6.29. The summed E-state index contributed by atoms with van der Waals surface area (Å²) in [4.78, 5) is 25.2. The van der Waals surface area contributed by atoms with Crippen molar-refractivity contribution >= 4 is 17.8 Å². The molecule has 0 aromatic carbocycles. The Morgan fingerprint density at radius 1 is 1.31 bits per heavy atom. The van der Waals surface area contributed by atoms with E-state index in [1.165, 1.54) is 0 Å². The van der Waals surface area contributed by atoms with Gasteiger partial charge in [-0.3, -0.25) is 9.59 Å². The van der Waals surface area contributed by atoms with Crippen molar-refractivity contribution < 1.29 is 14.4 Å². The predicted octanol–water partition coefficient (Wildman–Crippen LogP) is 0.615. The second kappa shape index (κ2) is 2.15. The molecule has 0 saturated heterocycles. The van der Waals surface area contributed by atoms with Crippen LogP contribution in [-0.4, -0.2) is 22.6 Å². The minimum atomic E-state index is -0.349. The molecular weight excluding hydrogens is 168 g/mol. The van der Waals surface area contributed by atoms with E-state index in [0.29, 0.717) is 19.3 Å². The number of hydrogen-bond acceptors (Lipinski definition) is 2. The van der Waals surface area contributed by atoms with Gasteiger partial charge in [0, 0.05) is 10.8 Å². The number of carbonyl (C=O) groups excluding carboxylic acids is 2. The quantitative estimate of drug-likeness (QED) is 0.361. The fourth-order valence-corrected chi connectivity index (χ4v) is 2.61. The fourth-order valence-electron chi connectivity index (χ4n) is 2.61. The van der Waals surface area contributed by atoms with Crippen molar-refractivity contribution in [3.63, 3.8) is 0 Å². The zero-order chi connectivity index (χ0) is 9.69. The van der Waals surface area contributed by atoms with Crippen LogP contribution in [0, 0.1) is 10.8 Å². The third-order valence-corrected chi connectivity index (χ3v) is 3.47. The number of carbonyl (C=O) groups is 2. The molecule has 4 heteroatoms. The fraction of sp³-hybridized carbons (Fsp3) is 0.667. The van der Waals surface area contributed by atoms with Gasteiger partial charge in [-0.2, -0.15) is 4.79 Å². The normalized spacial score (nSPS) is 39.5. The summed E-state index contributed by atoms with van der Waals surface area (Å²) >= 11 is 0. The third-order valence-electron chi connectivity index (χ3n) is 3.47. The van der Waals surface area contributed by atoms with E-state index in [1.807, 2.05) is 0 Å². The lowest BCUT2D eigenvalue weighted by Gasteiger charge is -2.67. The molecule has 68 valence electrons. The number of ketones is 2. The van der Waals surface area contributed by atoms with E-state index < -0.39 is 0 Å². The Kier molecular flexibility index (Phi) is 1.37. The molecule has 0 atom stereocenters. The van der Waals surface area contributed by atoms with Crippen LogP contribution in [0.3, 0.4) is 0 Å². The van der Waals surface area contributed by atoms with Crippen LogP contribution in [0.25, 0.3) is 5.53 Å². The largest absolute Gasteiger partial charge is 0.361 e. The minimum Gasteiger partial charge on any atom is -0.361 e. The first-order valence-electron chi connectivity index (χ1n) is 4.28. The molecule has 0 aromatic heterocycles. The Bertz CT molecular complexity index is 333. The van der Waals surface area contributed by atoms with E-state index in [0.717, 1.165) is 6.21 Å². The number of nitrogens with zero attached hydrogens (tertiary/aromatic N) is 2. The van der Waals surface area contributed by atoms with Crippen molar-refractivity contribution in [2.24, 2.45) is 10.8 Å². The van der Waals surface area contributed by atoms with Gasteiger partial charge in [0.1, 0.15) is 5.78 Å². The van der Waals surface area contributed by atoms with Crippen molar-refractivity contribution in [2.45, 2.75) is 26.2 Å². The molecule has 0 spiro atoms. The molecule has 0 heterocycles. The van der Waals surface area contributed by atoms with Gasteiger partial charge in [0.25, 0.3) is 0 Å². The summed E-state index contributed by atoms with van der Waals surface area (Å²) in [7, 11) is 0. The summed E-state index contributed by atoms with van der Waals surface area (Å²) in [5.74, 6) is 0.0428. The SMILES string of the molecule is CC(=O)C12CC(C(=O)C=[N+]=[N-])(C1)C2. The van der Waals surface area contributed by atoms with Gasteiger partial charge in [0.15, 0.2) is 0 Å². The summed E-state index contributed by atoms with van der Waals surface area (Å²) in [5, 5.41) is 0. The maximum Gasteiger partial charge on any atom is 0.323 e. The van der Waals surface area contributed by atoms with Crippen molar-refractivity contribution in [3.05, 3.63) is 5.53 Å². The highest BCUT2D eigenvalue weighted by atomic mass is 16.1. The molecule has 3 fully saturated rings. The smallest absolute Gasteiger partial charge is 0.323 e. The van der Waals surface area contributed by atoms with Crippen LogP contribution in [0.5, 0.6) is 0 Å². The first-order valence-corrected chi connectivity index (χ1v) is 4.28. The lowest BCUT2D eigenvalue weighted by Crippen LogP contribution is -2.68. The summed E-state index contributed by atoms with van der Waals surface area (Å²) in [6, 6.07) is 0. The maximum absolute atomic E-state index is 11.3. The van der Waals surface area contributed by atoms with Crippen LogP contribution in [0.15, 0.2) is 0 Å². The lowest BCUT2D eigenvalue weighted by molar-refractivity contribution is -0.200. The topological polar surface area (TPSA) is 70.5 Å². The van der Waals surface area contributed by atoms with Crippen molar-refractivity contribution in [3.8, 4) is 0 Å². The van der Waals surface area contributed by atoms with E-state index in [2.05, 4.69) is 4.79 Å². The first kappa shape index (κ1) is 8.32. The van der Waals surface area contributed by atoms with E-state index in [9.17, 15) is 9.59 Å². The highest BCUT2D eigenvalue weighted by Crippen LogP contribution is 2.73. The molecule has 2 bridgehead atoms. The second-order valence-corrected chi connectivity index (χ2v) is 4.26. The van der Waals surface area contributed by atoms with Gasteiger partial charge < -0.3 is 5.53 Å². The van der Waals surface area contributed by atoms with Crippen LogP contribution < -0.4 is 0 Å². The van der Waals surface area contributed by atoms with Crippen LogP contribution in [0.4, 0.5) is 0 Å². The van der Waals surface area contributed by atoms with Gasteiger partial charge in [-0.1, -0.05) is 0 Å². The highest BCUT2D eigenvalue weighted by Gasteiger charge is 2.73. The Morgan fingerprint density at radius 3 is 2.23 bits per heavy atom. The van der Waals surface area contributed by atoms with Crippen molar-refractivity contribution in [1.82, 2.24) is 0 Å². The Balaban J connectivity index is 2.08. The van der Waals surface area contributed by atoms with Crippen LogP contribution in [0.1, 0.15) is 26.2 Å². The van der Waals surface area contributed by atoms with Crippen LogP contribution in [-0.2, 0) is 9.59 Å². The van der Waals surface area contributed by atoms with Crippen LogP contribution in [0.2, 0.25) is 0 Å². The molecule has 3 aliphatic carbocycles. The lowest BCUT2D eigenvalue weighted by atomic mass is 9.33. The van der Waals surface area contributed by atoms with Gasteiger partial charge >= 0.3 is 6.21 Å².